The van der Waals surface area contributed by atoms with Crippen LogP contribution in [0, 0.1) is 11.8 Å². The lowest BCUT2D eigenvalue weighted by Gasteiger charge is -2.14. The third kappa shape index (κ3) is 4.60. The first-order chi connectivity index (χ1) is 16.7. The van der Waals surface area contributed by atoms with E-state index in [4.69, 9.17) is 28.2 Å². The van der Waals surface area contributed by atoms with Crippen LogP contribution in [0.5, 0.6) is 0 Å². The largest absolute Gasteiger partial charge is 0.378 e. The average Bonchev–Trinajstić information content (AvgIpc) is 3.34. The van der Waals surface area contributed by atoms with Gasteiger partial charge < -0.3 is 15.4 Å². The highest BCUT2D eigenvalue weighted by Crippen LogP contribution is 2.38. The van der Waals surface area contributed by atoms with E-state index in [2.05, 4.69) is 32.3 Å². The summed E-state index contributed by atoms with van der Waals surface area (Å²) in [4.78, 5) is 20.4. The van der Waals surface area contributed by atoms with Crippen molar-refractivity contribution in [3.63, 3.8) is 0 Å². The molecule has 174 valence electrons. The van der Waals surface area contributed by atoms with Gasteiger partial charge >= 0.3 is 0 Å². The van der Waals surface area contributed by atoms with Gasteiger partial charge in [-0.15, -0.1) is 0 Å². The Bertz CT molecular complexity index is 1690. The van der Waals surface area contributed by atoms with Gasteiger partial charge in [0.15, 0.2) is 0 Å². The van der Waals surface area contributed by atoms with Crippen LogP contribution in [0.15, 0.2) is 59.7 Å². The molecule has 0 saturated carbocycles. The van der Waals surface area contributed by atoms with E-state index in [1.165, 1.54) is 0 Å². The number of aliphatic hydroxyl groups is 1. The van der Waals surface area contributed by atoms with E-state index >= 15 is 0 Å². The minimum absolute atomic E-state index is 0.266. The van der Waals surface area contributed by atoms with Crippen molar-refractivity contribution in [1.82, 2.24) is 20.2 Å². The van der Waals surface area contributed by atoms with Crippen molar-refractivity contribution < 1.29 is 5.11 Å². The number of halogens is 2. The minimum atomic E-state index is -1.13. The zero-order valence-corrected chi connectivity index (χ0v) is 20.2. The van der Waals surface area contributed by atoms with Gasteiger partial charge in [0.05, 0.1) is 32.3 Å². The second-order valence-electron chi connectivity index (χ2n) is 8.51. The molecule has 0 bridgehead atoms. The standard InChI is InChI=1S/C26H19Cl2N5O2/c1-26(2,35)8-5-14-3-4-21-17(11-14)22-16(6-9-29-25(22)34)24(31-21)32-23-18(27)12-15(13-19(23)28)20-7-10-30-33-20/h3-4,6-7,9-13,35H,1-2H3,(H,29,34)(H,30,33)(H,31,32). The third-order valence-corrected chi connectivity index (χ3v) is 5.92. The summed E-state index contributed by atoms with van der Waals surface area (Å²) >= 11 is 13.2. The predicted molar refractivity (Wildman–Crippen MR) is 140 cm³/mol. The SMILES string of the molecule is CC(C)(O)C#Cc1ccc2nc(Nc3c(Cl)cc(-c4ccn[nH]4)cc3Cl)c3cc[nH]c(=O)c3c2c1. The predicted octanol–water partition coefficient (Wildman–Crippen LogP) is 5.64. The Morgan fingerprint density at radius 2 is 1.83 bits per heavy atom. The Kier molecular flexibility index (Phi) is 5.73. The first-order valence-corrected chi connectivity index (χ1v) is 11.4. The van der Waals surface area contributed by atoms with Crippen LogP contribution < -0.4 is 10.9 Å². The van der Waals surface area contributed by atoms with Crippen molar-refractivity contribution in [3.8, 4) is 23.1 Å². The van der Waals surface area contributed by atoms with Crippen molar-refractivity contribution >= 4 is 56.4 Å². The molecule has 0 aliphatic heterocycles. The van der Waals surface area contributed by atoms with E-state index in [-0.39, 0.29) is 5.56 Å². The summed E-state index contributed by atoms with van der Waals surface area (Å²) in [5.74, 6) is 6.17. The van der Waals surface area contributed by atoms with Crippen LogP contribution in [0.1, 0.15) is 19.4 Å². The zero-order valence-electron chi connectivity index (χ0n) is 18.7. The molecule has 2 aromatic carbocycles. The number of fused-ring (bicyclic) bond motifs is 3. The van der Waals surface area contributed by atoms with E-state index in [1.54, 1.807) is 62.6 Å². The van der Waals surface area contributed by atoms with Crippen molar-refractivity contribution in [3.05, 3.63) is 80.8 Å². The Morgan fingerprint density at radius 1 is 1.06 bits per heavy atom. The molecule has 0 atom stereocenters. The summed E-state index contributed by atoms with van der Waals surface area (Å²) in [5.41, 5.74) is 1.89. The van der Waals surface area contributed by atoms with Crippen molar-refractivity contribution in [2.75, 3.05) is 5.32 Å². The number of aromatic nitrogens is 4. The lowest BCUT2D eigenvalue weighted by atomic mass is 10.0. The second-order valence-corrected chi connectivity index (χ2v) is 9.32. The van der Waals surface area contributed by atoms with Gasteiger partial charge in [0.2, 0.25) is 0 Å². The van der Waals surface area contributed by atoms with Crippen LogP contribution in [0.3, 0.4) is 0 Å². The minimum Gasteiger partial charge on any atom is -0.378 e. The van der Waals surface area contributed by atoms with E-state index < -0.39 is 5.60 Å². The number of hydrogen-bond donors (Lipinski definition) is 4. The molecule has 3 aromatic heterocycles. The number of benzene rings is 2. The first-order valence-electron chi connectivity index (χ1n) is 10.7. The molecule has 9 heteroatoms. The Labute approximate surface area is 210 Å². The summed E-state index contributed by atoms with van der Waals surface area (Å²) in [6, 6.07) is 12.5. The summed E-state index contributed by atoms with van der Waals surface area (Å²) in [6.45, 7) is 3.22. The summed E-state index contributed by atoms with van der Waals surface area (Å²) < 4.78 is 0. The van der Waals surface area contributed by atoms with Gasteiger partial charge in [0.1, 0.15) is 11.4 Å². The highest BCUT2D eigenvalue weighted by molar-refractivity contribution is 6.39. The van der Waals surface area contributed by atoms with E-state index in [9.17, 15) is 9.90 Å². The highest BCUT2D eigenvalue weighted by Gasteiger charge is 2.16. The quantitative estimate of drug-likeness (QED) is 0.188. The molecule has 0 saturated heterocycles. The zero-order chi connectivity index (χ0) is 24.7. The van der Waals surface area contributed by atoms with E-state index in [0.29, 0.717) is 48.8 Å². The molecule has 35 heavy (non-hydrogen) atoms. The fourth-order valence-electron chi connectivity index (χ4n) is 3.74. The van der Waals surface area contributed by atoms with Gasteiger partial charge in [0.25, 0.3) is 5.56 Å². The van der Waals surface area contributed by atoms with Crippen molar-refractivity contribution in [1.29, 1.82) is 0 Å². The van der Waals surface area contributed by atoms with Gasteiger partial charge in [0, 0.05) is 34.3 Å². The van der Waals surface area contributed by atoms with Crippen molar-refractivity contribution in [2.24, 2.45) is 0 Å². The Hall–Kier alpha value is -3.83. The summed E-state index contributed by atoms with van der Waals surface area (Å²) in [7, 11) is 0. The lowest BCUT2D eigenvalue weighted by Crippen LogP contribution is -2.14. The number of nitrogens with one attached hydrogen (secondary N) is 3. The van der Waals surface area contributed by atoms with Gasteiger partial charge in [-0.2, -0.15) is 5.10 Å². The van der Waals surface area contributed by atoms with Crippen molar-refractivity contribution in [2.45, 2.75) is 19.4 Å². The maximum absolute atomic E-state index is 12.9. The molecule has 5 aromatic rings. The number of hydrogen-bond acceptors (Lipinski definition) is 5. The number of aromatic amines is 2. The lowest BCUT2D eigenvalue weighted by molar-refractivity contribution is 0.143. The molecule has 0 radical (unpaired) electrons. The molecular weight excluding hydrogens is 485 g/mol. The molecule has 0 amide bonds. The van der Waals surface area contributed by atoms with Crippen LogP contribution in [0.4, 0.5) is 11.5 Å². The molecule has 0 unspecified atom stereocenters. The molecule has 4 N–H and O–H groups in total. The van der Waals surface area contributed by atoms with Crippen LogP contribution in [-0.2, 0) is 0 Å². The van der Waals surface area contributed by atoms with Crippen LogP contribution in [0.25, 0.3) is 32.9 Å². The third-order valence-electron chi connectivity index (χ3n) is 5.32. The molecule has 0 aliphatic rings. The average molecular weight is 504 g/mol. The number of pyridine rings is 2. The highest BCUT2D eigenvalue weighted by atomic mass is 35.5. The van der Waals surface area contributed by atoms with Gasteiger partial charge in [-0.3, -0.25) is 9.89 Å². The molecule has 5 rings (SSSR count). The van der Waals surface area contributed by atoms with Crippen LogP contribution >= 0.6 is 23.2 Å². The first kappa shape index (κ1) is 22.9. The molecule has 7 nitrogen and oxygen atoms in total. The maximum atomic E-state index is 12.9. The molecular formula is C26H19Cl2N5O2. The van der Waals surface area contributed by atoms with Gasteiger partial charge in [-0.1, -0.05) is 35.0 Å². The molecule has 0 spiro atoms. The van der Waals surface area contributed by atoms with Gasteiger partial charge in [-0.25, -0.2) is 4.98 Å². The number of nitrogens with zero attached hydrogens (tertiary/aromatic N) is 2. The Balaban J connectivity index is 1.66. The molecule has 0 fully saturated rings. The topological polar surface area (TPSA) is 107 Å². The van der Waals surface area contributed by atoms with E-state index in [1.807, 2.05) is 6.07 Å². The fraction of sp³-hybridized carbons (Fsp3) is 0.115. The molecule has 0 aliphatic carbocycles. The normalized spacial score (nSPS) is 11.5. The molecule has 3 heterocycles. The number of H-pyrrole nitrogens is 2. The maximum Gasteiger partial charge on any atom is 0.256 e. The summed E-state index contributed by atoms with van der Waals surface area (Å²) in [5, 5.41) is 22.5. The van der Waals surface area contributed by atoms with E-state index in [0.717, 1.165) is 11.3 Å². The second kappa shape index (κ2) is 8.75. The Morgan fingerprint density at radius 3 is 2.51 bits per heavy atom. The monoisotopic (exact) mass is 503 g/mol. The fourth-order valence-corrected chi connectivity index (χ4v) is 4.32. The smallest absolute Gasteiger partial charge is 0.256 e. The summed E-state index contributed by atoms with van der Waals surface area (Å²) in [6.07, 6.45) is 3.21. The van der Waals surface area contributed by atoms with Crippen LogP contribution in [-0.4, -0.2) is 30.9 Å². The van der Waals surface area contributed by atoms with Crippen LogP contribution in [0.2, 0.25) is 10.0 Å². The van der Waals surface area contributed by atoms with Gasteiger partial charge in [-0.05, 0) is 56.3 Å². The number of rotatable bonds is 3. The number of anilines is 2.